The number of aromatic amines is 1. The summed E-state index contributed by atoms with van der Waals surface area (Å²) in [4.78, 5) is 38.5. The summed E-state index contributed by atoms with van der Waals surface area (Å²) in [6.07, 6.45) is 0. The van der Waals surface area contributed by atoms with Gasteiger partial charge in [0.25, 0.3) is 5.91 Å². The zero-order valence-corrected chi connectivity index (χ0v) is 13.5. The van der Waals surface area contributed by atoms with Crippen molar-refractivity contribution >= 4 is 28.5 Å². The molecule has 6 heteroatoms. The fraction of sp³-hybridized carbons (Fsp3) is 0.105. The minimum atomic E-state index is -0.721. The van der Waals surface area contributed by atoms with Gasteiger partial charge in [-0.1, -0.05) is 35.9 Å². The van der Waals surface area contributed by atoms with E-state index in [1.807, 2.05) is 19.1 Å². The van der Waals surface area contributed by atoms with Crippen molar-refractivity contribution < 1.29 is 14.3 Å². The Hall–Kier alpha value is -3.41. The molecular formula is C19H16N2O4. The molecule has 0 aliphatic carbocycles. The number of fused-ring (bicyclic) bond motifs is 1. The van der Waals surface area contributed by atoms with Crippen LogP contribution in [0.15, 0.2) is 59.4 Å². The molecule has 0 aliphatic rings. The van der Waals surface area contributed by atoms with Crippen LogP contribution in [0.1, 0.15) is 15.9 Å². The third-order valence-electron chi connectivity index (χ3n) is 3.64. The van der Waals surface area contributed by atoms with Crippen LogP contribution in [0.5, 0.6) is 0 Å². The normalized spacial score (nSPS) is 10.4. The Morgan fingerprint density at radius 1 is 1.08 bits per heavy atom. The van der Waals surface area contributed by atoms with Crippen molar-refractivity contribution in [2.45, 2.75) is 6.92 Å². The molecule has 1 aromatic heterocycles. The van der Waals surface area contributed by atoms with Gasteiger partial charge in [-0.25, -0.2) is 4.79 Å². The van der Waals surface area contributed by atoms with E-state index in [1.54, 1.807) is 36.4 Å². The average molecular weight is 336 g/mol. The van der Waals surface area contributed by atoms with Crippen molar-refractivity contribution in [3.8, 4) is 0 Å². The van der Waals surface area contributed by atoms with Crippen LogP contribution in [0.4, 0.5) is 5.69 Å². The number of benzene rings is 2. The molecule has 3 aromatic rings. The molecule has 2 aromatic carbocycles. The van der Waals surface area contributed by atoms with Crippen LogP contribution in [-0.2, 0) is 9.53 Å². The summed E-state index contributed by atoms with van der Waals surface area (Å²) in [5.41, 5.74) is 1.95. The van der Waals surface area contributed by atoms with E-state index in [0.717, 1.165) is 5.56 Å². The third-order valence-corrected chi connectivity index (χ3v) is 3.64. The van der Waals surface area contributed by atoms with Gasteiger partial charge in [-0.05, 0) is 25.1 Å². The Labute approximate surface area is 143 Å². The van der Waals surface area contributed by atoms with Crippen LogP contribution in [0.3, 0.4) is 0 Å². The molecule has 0 unspecified atom stereocenters. The van der Waals surface area contributed by atoms with Gasteiger partial charge >= 0.3 is 5.97 Å². The Kier molecular flexibility index (Phi) is 4.61. The number of anilines is 1. The molecule has 0 saturated heterocycles. The number of H-pyrrole nitrogens is 1. The molecule has 0 aliphatic heterocycles. The van der Waals surface area contributed by atoms with Gasteiger partial charge in [0, 0.05) is 22.7 Å². The van der Waals surface area contributed by atoms with Gasteiger partial charge in [0.2, 0.25) is 5.56 Å². The summed E-state index contributed by atoms with van der Waals surface area (Å²) >= 11 is 0. The number of aromatic nitrogens is 1. The van der Waals surface area contributed by atoms with E-state index >= 15 is 0 Å². The van der Waals surface area contributed by atoms with E-state index < -0.39 is 24.0 Å². The lowest BCUT2D eigenvalue weighted by Crippen LogP contribution is -2.21. The largest absolute Gasteiger partial charge is 0.452 e. The molecule has 25 heavy (non-hydrogen) atoms. The van der Waals surface area contributed by atoms with Crippen LogP contribution < -0.4 is 10.9 Å². The Morgan fingerprint density at radius 3 is 2.56 bits per heavy atom. The fourth-order valence-electron chi connectivity index (χ4n) is 2.42. The summed E-state index contributed by atoms with van der Waals surface area (Å²) < 4.78 is 5.05. The van der Waals surface area contributed by atoms with E-state index in [9.17, 15) is 14.4 Å². The van der Waals surface area contributed by atoms with E-state index in [-0.39, 0.29) is 5.56 Å². The Balaban J connectivity index is 1.69. The molecule has 3 rings (SSSR count). The average Bonchev–Trinajstić information content (AvgIpc) is 2.61. The summed E-state index contributed by atoms with van der Waals surface area (Å²) in [6, 6.07) is 15.3. The van der Waals surface area contributed by atoms with E-state index in [0.29, 0.717) is 16.6 Å². The molecule has 0 atom stereocenters. The first kappa shape index (κ1) is 16.4. The second kappa shape index (κ2) is 7.00. The topological polar surface area (TPSA) is 88.3 Å². The maximum absolute atomic E-state index is 12.3. The monoisotopic (exact) mass is 336 g/mol. The lowest BCUT2D eigenvalue weighted by Gasteiger charge is -2.08. The number of esters is 1. The number of nitrogens with one attached hydrogen (secondary N) is 2. The quantitative estimate of drug-likeness (QED) is 0.717. The van der Waals surface area contributed by atoms with Crippen LogP contribution >= 0.6 is 0 Å². The minimum absolute atomic E-state index is 0.127. The Bertz CT molecular complexity index is 990. The zero-order valence-electron chi connectivity index (χ0n) is 13.5. The van der Waals surface area contributed by atoms with Crippen LogP contribution in [-0.4, -0.2) is 23.5 Å². The van der Waals surface area contributed by atoms with Gasteiger partial charge in [-0.15, -0.1) is 0 Å². The molecule has 6 nitrogen and oxygen atoms in total. The number of aryl methyl sites for hydroxylation is 1. The maximum atomic E-state index is 12.3. The number of ether oxygens (including phenoxy) is 1. The van der Waals surface area contributed by atoms with Gasteiger partial charge in [-0.2, -0.15) is 0 Å². The second-order valence-electron chi connectivity index (χ2n) is 5.58. The summed E-state index contributed by atoms with van der Waals surface area (Å²) in [5.74, 6) is -1.17. The molecule has 1 heterocycles. The number of carbonyl (C=O) groups excluding carboxylic acids is 2. The number of para-hydroxylation sites is 1. The lowest BCUT2D eigenvalue weighted by atomic mass is 10.1. The highest BCUT2D eigenvalue weighted by atomic mass is 16.5. The van der Waals surface area contributed by atoms with Crippen molar-refractivity contribution in [1.29, 1.82) is 0 Å². The van der Waals surface area contributed by atoms with Crippen LogP contribution in [0.25, 0.3) is 10.9 Å². The minimum Gasteiger partial charge on any atom is -0.452 e. The van der Waals surface area contributed by atoms with Crippen molar-refractivity contribution in [2.75, 3.05) is 11.9 Å². The second-order valence-corrected chi connectivity index (χ2v) is 5.58. The van der Waals surface area contributed by atoms with Gasteiger partial charge < -0.3 is 15.0 Å². The molecule has 0 bridgehead atoms. The fourth-order valence-corrected chi connectivity index (χ4v) is 2.42. The van der Waals surface area contributed by atoms with Crippen molar-refractivity contribution in [3.63, 3.8) is 0 Å². The molecule has 0 fully saturated rings. The predicted octanol–water partition coefficient (Wildman–Crippen LogP) is 2.63. The van der Waals surface area contributed by atoms with E-state index in [4.69, 9.17) is 4.74 Å². The van der Waals surface area contributed by atoms with Crippen LogP contribution in [0, 0.1) is 6.92 Å². The molecule has 0 radical (unpaired) electrons. The first-order valence-electron chi connectivity index (χ1n) is 7.68. The summed E-state index contributed by atoms with van der Waals surface area (Å²) in [5, 5.41) is 3.20. The van der Waals surface area contributed by atoms with E-state index in [2.05, 4.69) is 10.3 Å². The predicted molar refractivity (Wildman–Crippen MR) is 94.7 cm³/mol. The Morgan fingerprint density at radius 2 is 1.80 bits per heavy atom. The highest BCUT2D eigenvalue weighted by molar-refractivity contribution is 6.04. The highest BCUT2D eigenvalue weighted by Gasteiger charge is 2.14. The molecule has 0 spiro atoms. The molecule has 126 valence electrons. The first-order chi connectivity index (χ1) is 12.0. The maximum Gasteiger partial charge on any atom is 0.339 e. The molecular weight excluding hydrogens is 320 g/mol. The van der Waals surface area contributed by atoms with E-state index in [1.165, 1.54) is 6.07 Å². The number of rotatable bonds is 4. The smallest absolute Gasteiger partial charge is 0.339 e. The first-order valence-corrected chi connectivity index (χ1v) is 7.68. The third kappa shape index (κ3) is 3.92. The number of amides is 1. The SMILES string of the molecule is Cc1ccc(NC(=O)COC(=O)c2cc(=O)[nH]c3ccccc23)cc1. The van der Waals surface area contributed by atoms with Gasteiger partial charge in [0.05, 0.1) is 5.56 Å². The van der Waals surface area contributed by atoms with Gasteiger partial charge in [0.1, 0.15) is 0 Å². The number of pyridine rings is 1. The number of hydrogen-bond acceptors (Lipinski definition) is 4. The molecule has 1 amide bonds. The molecule has 2 N–H and O–H groups in total. The highest BCUT2D eigenvalue weighted by Crippen LogP contribution is 2.15. The van der Waals surface area contributed by atoms with Gasteiger partial charge in [-0.3, -0.25) is 9.59 Å². The van der Waals surface area contributed by atoms with Crippen molar-refractivity contribution in [1.82, 2.24) is 4.98 Å². The van der Waals surface area contributed by atoms with Crippen molar-refractivity contribution in [3.05, 3.63) is 76.1 Å². The number of carbonyl (C=O) groups is 2. The van der Waals surface area contributed by atoms with Gasteiger partial charge in [0.15, 0.2) is 6.61 Å². The summed E-state index contributed by atoms with van der Waals surface area (Å²) in [7, 11) is 0. The van der Waals surface area contributed by atoms with Crippen LogP contribution in [0.2, 0.25) is 0 Å². The molecule has 0 saturated carbocycles. The summed E-state index contributed by atoms with van der Waals surface area (Å²) in [6.45, 7) is 1.51. The lowest BCUT2D eigenvalue weighted by molar-refractivity contribution is -0.119. The van der Waals surface area contributed by atoms with Crippen molar-refractivity contribution in [2.24, 2.45) is 0 Å². The standard InChI is InChI=1S/C19H16N2O4/c1-12-6-8-13(9-7-12)20-18(23)11-25-19(24)15-10-17(22)21-16-5-3-2-4-14(15)16/h2-10H,11H2,1H3,(H,20,23)(H,21,22). The number of hydrogen-bond donors (Lipinski definition) is 2. The zero-order chi connectivity index (χ0) is 17.8.